The zero-order valence-corrected chi connectivity index (χ0v) is 12.4. The lowest BCUT2D eigenvalue weighted by atomic mass is 10.1. The molecule has 0 saturated heterocycles. The van der Waals surface area contributed by atoms with Crippen LogP contribution in [0.25, 0.3) is 0 Å². The molecular formula is C17H28O. The van der Waals surface area contributed by atoms with Crippen LogP contribution in [0.15, 0.2) is 47.3 Å². The Morgan fingerprint density at radius 1 is 0.889 bits per heavy atom. The van der Waals surface area contributed by atoms with Crippen molar-refractivity contribution in [2.45, 2.75) is 59.8 Å². The molecule has 1 N–H and O–H groups in total. The van der Waals surface area contributed by atoms with Crippen molar-refractivity contribution < 1.29 is 5.11 Å². The summed E-state index contributed by atoms with van der Waals surface area (Å²) in [5, 5.41) is 9.00. The van der Waals surface area contributed by atoms with E-state index in [1.165, 1.54) is 16.7 Å². The molecule has 0 amide bonds. The third kappa shape index (κ3) is 11.3. The van der Waals surface area contributed by atoms with Crippen molar-refractivity contribution in [2.24, 2.45) is 0 Å². The summed E-state index contributed by atoms with van der Waals surface area (Å²) < 4.78 is 0. The molecule has 1 heteroatoms. The van der Waals surface area contributed by atoms with E-state index >= 15 is 0 Å². The Morgan fingerprint density at radius 2 is 1.39 bits per heavy atom. The Hall–Kier alpha value is -1.24. The van der Waals surface area contributed by atoms with E-state index in [2.05, 4.69) is 52.5 Å². The molecule has 102 valence electrons. The van der Waals surface area contributed by atoms with E-state index in [0.717, 1.165) is 25.7 Å². The summed E-state index contributed by atoms with van der Waals surface area (Å²) in [4.78, 5) is 0. The maximum absolute atomic E-state index is 9.00. The summed E-state index contributed by atoms with van der Waals surface area (Å²) in [7, 11) is 0. The molecule has 1 nitrogen and oxygen atoms in total. The molecule has 0 radical (unpaired) electrons. The van der Waals surface area contributed by atoms with E-state index in [4.69, 9.17) is 5.11 Å². The average Bonchev–Trinajstić information content (AvgIpc) is 2.25. The predicted molar refractivity (Wildman–Crippen MR) is 81.8 cm³/mol. The van der Waals surface area contributed by atoms with Gasteiger partial charge >= 0.3 is 0 Å². The number of rotatable bonds is 8. The molecule has 0 aromatic carbocycles. The van der Waals surface area contributed by atoms with Gasteiger partial charge in [0.05, 0.1) is 5.76 Å². The first-order valence-corrected chi connectivity index (χ1v) is 6.73. The summed E-state index contributed by atoms with van der Waals surface area (Å²) in [6, 6.07) is 0. The van der Waals surface area contributed by atoms with Crippen molar-refractivity contribution in [2.75, 3.05) is 0 Å². The van der Waals surface area contributed by atoms with Crippen LogP contribution in [-0.2, 0) is 0 Å². The molecule has 0 rings (SSSR count). The molecule has 0 aliphatic heterocycles. The third-order valence-corrected chi connectivity index (χ3v) is 2.81. The quantitative estimate of drug-likeness (QED) is 0.421. The van der Waals surface area contributed by atoms with Crippen LogP contribution in [0.5, 0.6) is 0 Å². The predicted octanol–water partition coefficient (Wildman–Crippen LogP) is 5.87. The smallest absolute Gasteiger partial charge is 0.0888 e. The Labute approximate surface area is 113 Å². The molecule has 0 aliphatic rings. The standard InChI is InChI=1S/C17H28O/c1-14(2)8-6-9-15(3)10-7-11-16(4)12-13-17(5)18/h8,10,12,18H,5-7,9,11,13H2,1-4H3/b15-10+,16-12+. The van der Waals surface area contributed by atoms with E-state index in [9.17, 15) is 0 Å². The van der Waals surface area contributed by atoms with E-state index in [0.29, 0.717) is 6.42 Å². The van der Waals surface area contributed by atoms with Crippen LogP contribution >= 0.6 is 0 Å². The lowest BCUT2D eigenvalue weighted by molar-refractivity contribution is 0.404. The van der Waals surface area contributed by atoms with Crippen LogP contribution in [0.3, 0.4) is 0 Å². The van der Waals surface area contributed by atoms with Crippen molar-refractivity contribution in [3.63, 3.8) is 0 Å². The second-order valence-corrected chi connectivity index (χ2v) is 5.23. The molecule has 18 heavy (non-hydrogen) atoms. The SMILES string of the molecule is C=C(O)C/C=C(\C)CC/C=C(\C)CCC=C(C)C. The van der Waals surface area contributed by atoms with Gasteiger partial charge in [-0.25, -0.2) is 0 Å². The van der Waals surface area contributed by atoms with Gasteiger partial charge in [-0.2, -0.15) is 0 Å². The monoisotopic (exact) mass is 248 g/mol. The highest BCUT2D eigenvalue weighted by atomic mass is 16.3. The van der Waals surface area contributed by atoms with Crippen LogP contribution in [-0.4, -0.2) is 5.11 Å². The molecule has 0 saturated carbocycles. The fourth-order valence-electron chi connectivity index (χ4n) is 1.63. The van der Waals surface area contributed by atoms with Gasteiger partial charge in [-0.1, -0.05) is 41.5 Å². The molecule has 0 heterocycles. The minimum Gasteiger partial charge on any atom is -0.513 e. The first-order valence-electron chi connectivity index (χ1n) is 6.73. The molecule has 0 bridgehead atoms. The summed E-state index contributed by atoms with van der Waals surface area (Å²) in [6.45, 7) is 12.1. The van der Waals surface area contributed by atoms with Gasteiger partial charge in [0.25, 0.3) is 0 Å². The first-order chi connectivity index (χ1) is 8.41. The molecular weight excluding hydrogens is 220 g/mol. The Kier molecular flexibility index (Phi) is 9.08. The van der Waals surface area contributed by atoms with E-state index in [1.807, 2.05) is 0 Å². The number of allylic oxidation sites excluding steroid dienone is 6. The van der Waals surface area contributed by atoms with Crippen LogP contribution in [0, 0.1) is 0 Å². The van der Waals surface area contributed by atoms with E-state index in [-0.39, 0.29) is 5.76 Å². The Bertz CT molecular complexity index is 339. The van der Waals surface area contributed by atoms with Crippen LogP contribution in [0.2, 0.25) is 0 Å². The van der Waals surface area contributed by atoms with Gasteiger partial charge < -0.3 is 5.11 Å². The molecule has 0 atom stereocenters. The van der Waals surface area contributed by atoms with Crippen molar-refractivity contribution >= 4 is 0 Å². The molecule has 0 spiro atoms. The normalized spacial score (nSPS) is 12.4. The van der Waals surface area contributed by atoms with Crippen molar-refractivity contribution in [3.8, 4) is 0 Å². The van der Waals surface area contributed by atoms with Gasteiger partial charge in [0.15, 0.2) is 0 Å². The van der Waals surface area contributed by atoms with Crippen molar-refractivity contribution in [3.05, 3.63) is 47.3 Å². The highest BCUT2D eigenvalue weighted by Gasteiger charge is 1.92. The van der Waals surface area contributed by atoms with Crippen LogP contribution in [0.1, 0.15) is 59.8 Å². The number of hydrogen-bond acceptors (Lipinski definition) is 1. The average molecular weight is 248 g/mol. The lowest BCUT2D eigenvalue weighted by Crippen LogP contribution is -1.82. The molecule has 0 unspecified atom stereocenters. The first kappa shape index (κ1) is 16.8. The van der Waals surface area contributed by atoms with Gasteiger partial charge in [0, 0.05) is 6.42 Å². The Balaban J connectivity index is 3.89. The second-order valence-electron chi connectivity index (χ2n) is 5.23. The summed E-state index contributed by atoms with van der Waals surface area (Å²) in [5.41, 5.74) is 4.18. The number of hydrogen-bond donors (Lipinski definition) is 1. The van der Waals surface area contributed by atoms with Gasteiger partial charge in [0.1, 0.15) is 0 Å². The Morgan fingerprint density at radius 3 is 1.89 bits per heavy atom. The van der Waals surface area contributed by atoms with Gasteiger partial charge in [0.2, 0.25) is 0 Å². The maximum Gasteiger partial charge on any atom is 0.0888 e. The van der Waals surface area contributed by atoms with Crippen LogP contribution < -0.4 is 0 Å². The zero-order valence-electron chi connectivity index (χ0n) is 12.4. The van der Waals surface area contributed by atoms with Crippen molar-refractivity contribution in [1.82, 2.24) is 0 Å². The fraction of sp³-hybridized carbons (Fsp3) is 0.529. The molecule has 0 fully saturated rings. The van der Waals surface area contributed by atoms with Gasteiger partial charge in [-0.05, 0) is 53.4 Å². The zero-order chi connectivity index (χ0) is 14.0. The molecule has 0 aliphatic carbocycles. The largest absolute Gasteiger partial charge is 0.513 e. The minimum absolute atomic E-state index is 0.239. The summed E-state index contributed by atoms with van der Waals surface area (Å²) >= 11 is 0. The van der Waals surface area contributed by atoms with Crippen LogP contribution in [0.4, 0.5) is 0 Å². The molecule has 0 aromatic rings. The van der Waals surface area contributed by atoms with Gasteiger partial charge in [-0.15, -0.1) is 0 Å². The maximum atomic E-state index is 9.00. The number of aliphatic hydroxyl groups is 1. The summed E-state index contributed by atoms with van der Waals surface area (Å²) in [6.07, 6.45) is 11.7. The summed E-state index contributed by atoms with van der Waals surface area (Å²) in [5.74, 6) is 0.239. The second kappa shape index (κ2) is 9.76. The fourth-order valence-corrected chi connectivity index (χ4v) is 1.63. The number of aliphatic hydroxyl groups excluding tert-OH is 1. The topological polar surface area (TPSA) is 20.2 Å². The lowest BCUT2D eigenvalue weighted by Gasteiger charge is -2.01. The van der Waals surface area contributed by atoms with E-state index < -0.39 is 0 Å². The molecule has 0 aromatic heterocycles. The van der Waals surface area contributed by atoms with Crippen molar-refractivity contribution in [1.29, 1.82) is 0 Å². The third-order valence-electron chi connectivity index (χ3n) is 2.81. The highest BCUT2D eigenvalue weighted by Crippen LogP contribution is 2.12. The van der Waals surface area contributed by atoms with E-state index in [1.54, 1.807) is 0 Å². The minimum atomic E-state index is 0.239. The highest BCUT2D eigenvalue weighted by molar-refractivity contribution is 5.07. The van der Waals surface area contributed by atoms with Gasteiger partial charge in [-0.3, -0.25) is 0 Å².